The molecule has 30 heavy (non-hydrogen) atoms. The fourth-order valence-electron chi connectivity index (χ4n) is 3.03. The summed E-state index contributed by atoms with van der Waals surface area (Å²) in [6.45, 7) is 0. The van der Waals surface area contributed by atoms with Gasteiger partial charge < -0.3 is 5.11 Å². The van der Waals surface area contributed by atoms with Crippen molar-refractivity contribution >= 4 is 61.5 Å². The lowest BCUT2D eigenvalue weighted by atomic mass is 10.0. The number of halogens is 2. The standard InChI is InChI=1S/C23H15BrIN3O2/c24-16-10-15(22(29)19(25)11-16)13-26-28-23(30)18-12-21(14-6-2-1-3-7-14)27-20-9-5-4-8-17(18)20/h1-13,29H,(H,28,30)/b26-13-. The molecular formula is C23H15BrIN3O2. The van der Waals surface area contributed by atoms with E-state index in [-0.39, 0.29) is 11.7 Å². The van der Waals surface area contributed by atoms with Gasteiger partial charge in [-0.1, -0.05) is 64.5 Å². The summed E-state index contributed by atoms with van der Waals surface area (Å²) < 4.78 is 1.49. The molecule has 1 amide bonds. The van der Waals surface area contributed by atoms with Crippen LogP contribution in [0.2, 0.25) is 0 Å². The minimum atomic E-state index is -0.355. The molecule has 148 valence electrons. The molecule has 0 spiro atoms. The van der Waals surface area contributed by atoms with E-state index in [1.807, 2.05) is 77.2 Å². The highest BCUT2D eigenvalue weighted by Crippen LogP contribution is 2.28. The van der Waals surface area contributed by atoms with E-state index in [2.05, 4.69) is 31.4 Å². The van der Waals surface area contributed by atoms with Crippen molar-refractivity contribution < 1.29 is 9.90 Å². The third-order valence-corrected chi connectivity index (χ3v) is 5.74. The van der Waals surface area contributed by atoms with Crippen molar-refractivity contribution in [2.24, 2.45) is 5.10 Å². The molecule has 7 heteroatoms. The SMILES string of the molecule is O=C(N/N=C\c1cc(Br)cc(I)c1O)c1cc(-c2ccccc2)nc2ccccc12. The van der Waals surface area contributed by atoms with Crippen molar-refractivity contribution in [3.63, 3.8) is 0 Å². The van der Waals surface area contributed by atoms with Crippen LogP contribution in [0.3, 0.4) is 0 Å². The molecule has 0 saturated heterocycles. The number of phenolic OH excluding ortho intramolecular Hbond substituents is 1. The number of hydrazone groups is 1. The number of fused-ring (bicyclic) bond motifs is 1. The molecule has 0 aliphatic heterocycles. The van der Waals surface area contributed by atoms with Gasteiger partial charge in [0.2, 0.25) is 0 Å². The van der Waals surface area contributed by atoms with Crippen LogP contribution < -0.4 is 5.43 Å². The predicted molar refractivity (Wildman–Crippen MR) is 131 cm³/mol. The molecule has 0 radical (unpaired) electrons. The third-order valence-electron chi connectivity index (χ3n) is 4.46. The van der Waals surface area contributed by atoms with Gasteiger partial charge in [-0.05, 0) is 46.9 Å². The normalized spacial score (nSPS) is 11.1. The lowest BCUT2D eigenvalue weighted by Gasteiger charge is -2.09. The van der Waals surface area contributed by atoms with Gasteiger partial charge in [-0.2, -0.15) is 5.10 Å². The first kappa shape index (κ1) is 20.5. The highest BCUT2D eigenvalue weighted by Gasteiger charge is 2.13. The molecule has 0 fully saturated rings. The minimum absolute atomic E-state index is 0.109. The number of nitrogens with one attached hydrogen (secondary N) is 1. The molecule has 0 atom stereocenters. The Morgan fingerprint density at radius 2 is 1.80 bits per heavy atom. The van der Waals surface area contributed by atoms with Gasteiger partial charge in [-0.15, -0.1) is 0 Å². The molecule has 4 rings (SSSR count). The van der Waals surface area contributed by atoms with Crippen molar-refractivity contribution in [2.45, 2.75) is 0 Å². The molecule has 2 N–H and O–H groups in total. The monoisotopic (exact) mass is 571 g/mol. The lowest BCUT2D eigenvalue weighted by molar-refractivity contribution is 0.0956. The molecule has 0 saturated carbocycles. The summed E-state index contributed by atoms with van der Waals surface area (Å²) in [5.41, 5.74) is 5.90. The molecule has 0 unspecified atom stereocenters. The van der Waals surface area contributed by atoms with Crippen LogP contribution >= 0.6 is 38.5 Å². The largest absolute Gasteiger partial charge is 0.506 e. The number of hydrogen-bond acceptors (Lipinski definition) is 4. The van der Waals surface area contributed by atoms with E-state index >= 15 is 0 Å². The Kier molecular flexibility index (Phi) is 6.10. The number of nitrogens with zero attached hydrogens (tertiary/aromatic N) is 2. The van der Waals surface area contributed by atoms with Crippen molar-refractivity contribution in [1.29, 1.82) is 0 Å². The van der Waals surface area contributed by atoms with E-state index in [1.54, 1.807) is 18.2 Å². The molecule has 4 aromatic rings. The van der Waals surface area contributed by atoms with Crippen molar-refractivity contribution in [1.82, 2.24) is 10.4 Å². The summed E-state index contributed by atoms with van der Waals surface area (Å²) in [6, 6.07) is 22.5. The van der Waals surface area contributed by atoms with Crippen LogP contribution in [0.1, 0.15) is 15.9 Å². The van der Waals surface area contributed by atoms with E-state index in [0.717, 1.165) is 20.9 Å². The van der Waals surface area contributed by atoms with E-state index in [1.165, 1.54) is 6.21 Å². The smallest absolute Gasteiger partial charge is 0.272 e. The van der Waals surface area contributed by atoms with Crippen LogP contribution in [0.15, 0.2) is 82.4 Å². The molecule has 1 heterocycles. The van der Waals surface area contributed by atoms with Gasteiger partial charge in [0.05, 0.1) is 26.6 Å². The first-order chi connectivity index (χ1) is 14.5. The molecule has 5 nitrogen and oxygen atoms in total. The first-order valence-electron chi connectivity index (χ1n) is 8.99. The van der Waals surface area contributed by atoms with Crippen LogP contribution in [0.25, 0.3) is 22.2 Å². The Morgan fingerprint density at radius 3 is 2.60 bits per heavy atom. The zero-order valence-corrected chi connectivity index (χ0v) is 19.3. The summed E-state index contributed by atoms with van der Waals surface area (Å²) in [5.74, 6) is -0.247. The number of benzene rings is 3. The second kappa shape index (κ2) is 8.93. The second-order valence-electron chi connectivity index (χ2n) is 6.46. The zero-order valence-electron chi connectivity index (χ0n) is 15.5. The summed E-state index contributed by atoms with van der Waals surface area (Å²) in [6.07, 6.45) is 1.42. The number of pyridine rings is 1. The molecule has 1 aromatic heterocycles. The maximum absolute atomic E-state index is 12.9. The van der Waals surface area contributed by atoms with E-state index < -0.39 is 0 Å². The number of aromatic hydroxyl groups is 1. The fourth-order valence-corrected chi connectivity index (χ4v) is 4.58. The van der Waals surface area contributed by atoms with Gasteiger partial charge in [0.1, 0.15) is 5.75 Å². The van der Waals surface area contributed by atoms with Crippen molar-refractivity contribution in [2.75, 3.05) is 0 Å². The number of hydrogen-bond donors (Lipinski definition) is 2. The average molecular weight is 572 g/mol. The number of para-hydroxylation sites is 1. The Balaban J connectivity index is 1.68. The lowest BCUT2D eigenvalue weighted by Crippen LogP contribution is -2.18. The highest BCUT2D eigenvalue weighted by atomic mass is 127. The van der Waals surface area contributed by atoms with Crippen molar-refractivity contribution in [3.05, 3.63) is 92.0 Å². The molecule has 0 bridgehead atoms. The number of phenols is 1. The topological polar surface area (TPSA) is 74.6 Å². The fraction of sp³-hybridized carbons (Fsp3) is 0. The van der Waals surface area contributed by atoms with Gasteiger partial charge in [0.15, 0.2) is 0 Å². The van der Waals surface area contributed by atoms with Gasteiger partial charge in [-0.25, -0.2) is 10.4 Å². The first-order valence-corrected chi connectivity index (χ1v) is 10.9. The van der Waals surface area contributed by atoms with Gasteiger partial charge >= 0.3 is 0 Å². The Morgan fingerprint density at radius 1 is 1.07 bits per heavy atom. The zero-order chi connectivity index (χ0) is 21.1. The maximum Gasteiger partial charge on any atom is 0.272 e. The van der Waals surface area contributed by atoms with Gasteiger partial charge in [-0.3, -0.25) is 4.79 Å². The molecule has 0 aliphatic carbocycles. The summed E-state index contributed by atoms with van der Waals surface area (Å²) in [5, 5.41) is 14.9. The van der Waals surface area contributed by atoms with Crippen LogP contribution in [-0.2, 0) is 0 Å². The van der Waals surface area contributed by atoms with E-state index in [0.29, 0.717) is 20.4 Å². The second-order valence-corrected chi connectivity index (χ2v) is 8.54. The number of amides is 1. The molecule has 0 aliphatic rings. The quantitative estimate of drug-likeness (QED) is 0.186. The van der Waals surface area contributed by atoms with Crippen LogP contribution in [-0.4, -0.2) is 22.2 Å². The van der Waals surface area contributed by atoms with Crippen LogP contribution in [0.4, 0.5) is 0 Å². The Labute approximate surface area is 195 Å². The summed E-state index contributed by atoms with van der Waals surface area (Å²) in [7, 11) is 0. The van der Waals surface area contributed by atoms with E-state index in [9.17, 15) is 9.90 Å². The van der Waals surface area contributed by atoms with Crippen LogP contribution in [0, 0.1) is 3.57 Å². The summed E-state index contributed by atoms with van der Waals surface area (Å²) >= 11 is 5.42. The van der Waals surface area contributed by atoms with E-state index in [4.69, 9.17) is 0 Å². The van der Waals surface area contributed by atoms with Crippen molar-refractivity contribution in [3.8, 4) is 17.0 Å². The maximum atomic E-state index is 12.9. The summed E-state index contributed by atoms with van der Waals surface area (Å²) in [4.78, 5) is 17.6. The highest BCUT2D eigenvalue weighted by molar-refractivity contribution is 14.1. The Bertz CT molecular complexity index is 1280. The average Bonchev–Trinajstić information content (AvgIpc) is 2.76. The number of carbonyl (C=O) groups is 1. The number of rotatable bonds is 4. The van der Waals surface area contributed by atoms with Gasteiger partial charge in [0.25, 0.3) is 5.91 Å². The molecular weight excluding hydrogens is 557 g/mol. The predicted octanol–water partition coefficient (Wildman–Crippen LogP) is 5.74. The minimum Gasteiger partial charge on any atom is -0.506 e. The number of carbonyl (C=O) groups excluding carboxylic acids is 1. The molecule has 3 aromatic carbocycles. The van der Waals surface area contributed by atoms with Gasteiger partial charge in [0, 0.05) is 21.0 Å². The Hall–Kier alpha value is -2.78. The third kappa shape index (κ3) is 4.36. The van der Waals surface area contributed by atoms with Crippen LogP contribution in [0.5, 0.6) is 5.75 Å². The number of aromatic nitrogens is 1.